The lowest BCUT2D eigenvalue weighted by atomic mass is 9.77. The number of aromatic amines is 1. The van der Waals surface area contributed by atoms with Crippen LogP contribution in [-0.2, 0) is 0 Å². The van der Waals surface area contributed by atoms with Crippen LogP contribution in [0.2, 0.25) is 0 Å². The highest BCUT2D eigenvalue weighted by Crippen LogP contribution is 2.38. The second-order valence-electron chi connectivity index (χ2n) is 4.38. The molecule has 17 heavy (non-hydrogen) atoms. The topological polar surface area (TPSA) is 58.6 Å². The Hall–Kier alpha value is -1.97. The molecule has 0 radical (unpaired) electrons. The third-order valence-corrected chi connectivity index (χ3v) is 3.38. The van der Waals surface area contributed by atoms with E-state index in [1.54, 1.807) is 0 Å². The van der Waals surface area contributed by atoms with Crippen molar-refractivity contribution in [3.05, 3.63) is 47.5 Å². The summed E-state index contributed by atoms with van der Waals surface area (Å²) < 4.78 is 0. The average molecular weight is 227 g/mol. The van der Waals surface area contributed by atoms with E-state index in [1.807, 2.05) is 24.3 Å². The van der Waals surface area contributed by atoms with Gasteiger partial charge in [-0.15, -0.1) is 0 Å². The van der Waals surface area contributed by atoms with Crippen molar-refractivity contribution in [2.24, 2.45) is 0 Å². The van der Waals surface area contributed by atoms with Crippen LogP contribution in [0, 0.1) is 0 Å². The summed E-state index contributed by atoms with van der Waals surface area (Å²) in [7, 11) is 0. The van der Waals surface area contributed by atoms with Crippen LogP contribution in [0.15, 0.2) is 30.6 Å². The zero-order valence-electron chi connectivity index (χ0n) is 9.39. The molecule has 0 atom stereocenters. The molecule has 1 aliphatic carbocycles. The van der Waals surface area contributed by atoms with Crippen LogP contribution in [0.1, 0.15) is 46.9 Å². The van der Waals surface area contributed by atoms with Gasteiger partial charge >= 0.3 is 0 Å². The summed E-state index contributed by atoms with van der Waals surface area (Å²) in [6.07, 6.45) is 4.98. The quantitative estimate of drug-likeness (QED) is 0.818. The number of carbonyl (C=O) groups is 1. The van der Waals surface area contributed by atoms with Crippen LogP contribution in [0.25, 0.3) is 0 Å². The molecule has 1 saturated carbocycles. The van der Waals surface area contributed by atoms with Crippen LogP contribution in [0.5, 0.6) is 0 Å². The zero-order chi connectivity index (χ0) is 11.7. The first-order valence-corrected chi connectivity index (χ1v) is 5.85. The number of H-pyrrole nitrogens is 1. The van der Waals surface area contributed by atoms with E-state index in [0.29, 0.717) is 11.7 Å². The second-order valence-corrected chi connectivity index (χ2v) is 4.38. The molecule has 4 heteroatoms. The normalized spacial score (nSPS) is 15.5. The lowest BCUT2D eigenvalue weighted by Gasteiger charge is -2.27. The van der Waals surface area contributed by atoms with Gasteiger partial charge in [-0.05, 0) is 24.3 Å². The lowest BCUT2D eigenvalue weighted by molar-refractivity contribution is 0.102. The number of nitrogens with zero attached hydrogens (tertiary/aromatic N) is 2. The number of hydrogen-bond donors (Lipinski definition) is 1. The van der Waals surface area contributed by atoms with E-state index in [1.165, 1.54) is 25.6 Å². The summed E-state index contributed by atoms with van der Waals surface area (Å²) in [5.74, 6) is 0.792. The fraction of sp³-hybridized carbons (Fsp3) is 0.308. The van der Waals surface area contributed by atoms with Crippen LogP contribution in [-0.4, -0.2) is 21.0 Å². The number of hydrogen-bond acceptors (Lipinski definition) is 3. The highest BCUT2D eigenvalue weighted by Gasteiger charge is 2.25. The zero-order valence-corrected chi connectivity index (χ0v) is 9.39. The Labute approximate surface area is 99.1 Å². The maximum Gasteiger partial charge on any atom is 0.230 e. The Balaban J connectivity index is 1.99. The summed E-state index contributed by atoms with van der Waals surface area (Å²) >= 11 is 0. The smallest absolute Gasteiger partial charge is 0.230 e. The maximum absolute atomic E-state index is 12.2. The molecule has 1 aromatic carbocycles. The molecule has 3 rings (SSSR count). The fourth-order valence-corrected chi connectivity index (χ4v) is 2.22. The summed E-state index contributed by atoms with van der Waals surface area (Å²) in [6, 6.07) is 7.81. The minimum atomic E-state index is -0.0648. The van der Waals surface area contributed by atoms with Gasteiger partial charge in [-0.2, -0.15) is 5.10 Å². The molecule has 0 amide bonds. The number of rotatable bonds is 3. The molecule has 4 nitrogen and oxygen atoms in total. The predicted molar refractivity (Wildman–Crippen MR) is 62.8 cm³/mol. The van der Waals surface area contributed by atoms with E-state index < -0.39 is 0 Å². The van der Waals surface area contributed by atoms with Gasteiger partial charge in [0.1, 0.15) is 6.33 Å². The molecule has 86 valence electrons. The maximum atomic E-state index is 12.2. The molecule has 0 bridgehead atoms. The van der Waals surface area contributed by atoms with Gasteiger partial charge in [-0.3, -0.25) is 9.89 Å². The Morgan fingerprint density at radius 2 is 2.12 bits per heavy atom. The van der Waals surface area contributed by atoms with E-state index in [2.05, 4.69) is 15.2 Å². The van der Waals surface area contributed by atoms with E-state index in [4.69, 9.17) is 0 Å². The Bertz CT molecular complexity index is 529. The van der Waals surface area contributed by atoms with Gasteiger partial charge in [0, 0.05) is 5.56 Å². The number of nitrogens with one attached hydrogen (secondary N) is 1. The van der Waals surface area contributed by atoms with Crippen LogP contribution in [0.4, 0.5) is 0 Å². The monoisotopic (exact) mass is 227 g/mol. The summed E-state index contributed by atoms with van der Waals surface area (Å²) in [5, 5.41) is 6.35. The van der Waals surface area contributed by atoms with Crippen molar-refractivity contribution in [3.63, 3.8) is 0 Å². The molecule has 1 fully saturated rings. The van der Waals surface area contributed by atoms with Crippen molar-refractivity contribution < 1.29 is 4.79 Å². The van der Waals surface area contributed by atoms with E-state index in [-0.39, 0.29) is 5.78 Å². The Morgan fingerprint density at radius 3 is 2.76 bits per heavy atom. The van der Waals surface area contributed by atoms with Crippen LogP contribution < -0.4 is 0 Å². The fourth-order valence-electron chi connectivity index (χ4n) is 2.22. The van der Waals surface area contributed by atoms with E-state index >= 15 is 0 Å². The molecule has 0 spiro atoms. The first-order valence-electron chi connectivity index (χ1n) is 5.85. The number of carbonyl (C=O) groups excluding carboxylic acids is 1. The predicted octanol–water partition coefficient (Wildman–Crippen LogP) is 2.30. The Kier molecular flexibility index (Phi) is 2.48. The molecule has 1 aliphatic rings. The van der Waals surface area contributed by atoms with Crippen molar-refractivity contribution in [1.82, 2.24) is 15.2 Å². The summed E-state index contributed by atoms with van der Waals surface area (Å²) in [4.78, 5) is 16.2. The highest BCUT2D eigenvalue weighted by atomic mass is 16.1. The van der Waals surface area contributed by atoms with Crippen molar-refractivity contribution in [2.75, 3.05) is 0 Å². The van der Waals surface area contributed by atoms with E-state index in [9.17, 15) is 4.79 Å². The summed E-state index contributed by atoms with van der Waals surface area (Å²) in [5.41, 5.74) is 1.91. The molecular weight excluding hydrogens is 214 g/mol. The van der Waals surface area contributed by atoms with Gasteiger partial charge in [0.25, 0.3) is 0 Å². The highest BCUT2D eigenvalue weighted by molar-refractivity contribution is 6.07. The Morgan fingerprint density at radius 1 is 1.29 bits per heavy atom. The van der Waals surface area contributed by atoms with Crippen molar-refractivity contribution in [1.29, 1.82) is 0 Å². The van der Waals surface area contributed by atoms with Crippen molar-refractivity contribution >= 4 is 5.78 Å². The van der Waals surface area contributed by atoms with Gasteiger partial charge < -0.3 is 0 Å². The minimum absolute atomic E-state index is 0.0648. The lowest BCUT2D eigenvalue weighted by Crippen LogP contribution is -2.15. The molecule has 1 N–H and O–H groups in total. The number of benzene rings is 1. The number of aromatic nitrogens is 3. The minimum Gasteiger partial charge on any atom is -0.285 e. The summed E-state index contributed by atoms with van der Waals surface area (Å²) in [6.45, 7) is 0. The molecule has 0 unspecified atom stereocenters. The van der Waals surface area contributed by atoms with Gasteiger partial charge in [-0.1, -0.05) is 30.7 Å². The second kappa shape index (κ2) is 4.13. The van der Waals surface area contributed by atoms with Gasteiger partial charge in [0.2, 0.25) is 5.78 Å². The third-order valence-electron chi connectivity index (χ3n) is 3.38. The standard InChI is InChI=1S/C13H13N3O/c17-12(13-14-8-15-16-13)11-7-2-1-6-10(11)9-4-3-5-9/h1-2,6-9H,3-5H2,(H,14,15,16). The largest absolute Gasteiger partial charge is 0.285 e. The van der Waals surface area contributed by atoms with Gasteiger partial charge in [-0.25, -0.2) is 4.98 Å². The number of ketones is 1. The van der Waals surface area contributed by atoms with Crippen molar-refractivity contribution in [3.8, 4) is 0 Å². The molecule has 0 aliphatic heterocycles. The molecule has 1 heterocycles. The SMILES string of the molecule is O=C(c1ncn[nH]1)c1ccccc1C1CCC1. The van der Waals surface area contributed by atoms with Crippen molar-refractivity contribution in [2.45, 2.75) is 25.2 Å². The van der Waals surface area contributed by atoms with Gasteiger partial charge in [0.05, 0.1) is 0 Å². The molecule has 2 aromatic rings. The van der Waals surface area contributed by atoms with Gasteiger partial charge in [0.15, 0.2) is 5.82 Å². The van der Waals surface area contributed by atoms with Crippen LogP contribution >= 0.6 is 0 Å². The third kappa shape index (κ3) is 1.75. The first-order chi connectivity index (χ1) is 8.36. The van der Waals surface area contributed by atoms with Crippen LogP contribution in [0.3, 0.4) is 0 Å². The molecular formula is C13H13N3O. The molecule has 1 aromatic heterocycles. The average Bonchev–Trinajstić information content (AvgIpc) is 2.80. The van der Waals surface area contributed by atoms with E-state index in [0.717, 1.165) is 11.1 Å². The first kappa shape index (κ1) is 10.2. The molecule has 0 saturated heterocycles.